The number of hydrogen-bond acceptors (Lipinski definition) is 2. The molecule has 0 N–H and O–H groups in total. The number of para-hydroxylation sites is 2. The molecule has 0 aliphatic heterocycles. The average Bonchev–Trinajstić information content (AvgIpc) is 3.64. The van der Waals surface area contributed by atoms with Crippen molar-refractivity contribution in [2.45, 2.75) is 0 Å². The van der Waals surface area contributed by atoms with Crippen molar-refractivity contribution in [1.82, 2.24) is 0 Å². The monoisotopic (exact) mass is 689 g/mol. The second-order valence-electron chi connectivity index (χ2n) is 13.6. The molecule has 0 aliphatic rings. The molecule has 0 aliphatic carbocycles. The van der Waals surface area contributed by atoms with E-state index in [4.69, 9.17) is 4.42 Å². The highest BCUT2D eigenvalue weighted by molar-refractivity contribution is 6.15. The van der Waals surface area contributed by atoms with Gasteiger partial charge in [-0.3, -0.25) is 0 Å². The number of benzene rings is 9. The Morgan fingerprint density at radius 3 is 1.56 bits per heavy atom. The van der Waals surface area contributed by atoms with Gasteiger partial charge in [0.05, 0.1) is 22.4 Å². The van der Waals surface area contributed by atoms with Gasteiger partial charge >= 0.3 is 0 Å². The van der Waals surface area contributed by atoms with Crippen molar-refractivity contribution in [3.63, 3.8) is 0 Å². The van der Waals surface area contributed by atoms with Gasteiger partial charge in [0.15, 0.2) is 0 Å². The number of rotatable bonds is 7. The zero-order chi connectivity index (χ0) is 35.8. The lowest BCUT2D eigenvalue weighted by Gasteiger charge is -2.30. The first-order valence-electron chi connectivity index (χ1n) is 18.4. The van der Waals surface area contributed by atoms with Gasteiger partial charge in [0.1, 0.15) is 11.2 Å². The first kappa shape index (κ1) is 31.6. The summed E-state index contributed by atoms with van der Waals surface area (Å²) in [4.78, 5) is 2.44. The predicted molar refractivity (Wildman–Crippen MR) is 228 cm³/mol. The fourth-order valence-corrected chi connectivity index (χ4v) is 8.03. The standard InChI is InChI=1S/C52H35NO/c1-2-16-36(17-3-1)37-32-34-39(35-33-37)40-20-6-7-22-42(40)43-23-8-9-24-44(43)45-25-10-12-27-48(45)53(47-28-14-19-38-18-4-5-21-41(38)47)49-29-15-31-51-52(49)46-26-11-13-30-50(46)54-51/h1-35H. The van der Waals surface area contributed by atoms with Crippen LogP contribution < -0.4 is 4.90 Å². The van der Waals surface area contributed by atoms with Crippen molar-refractivity contribution in [3.05, 3.63) is 212 Å². The molecule has 9 aromatic carbocycles. The summed E-state index contributed by atoms with van der Waals surface area (Å²) in [6.45, 7) is 0. The van der Waals surface area contributed by atoms with E-state index in [0.29, 0.717) is 0 Å². The van der Waals surface area contributed by atoms with Crippen molar-refractivity contribution in [2.24, 2.45) is 0 Å². The Morgan fingerprint density at radius 2 is 0.759 bits per heavy atom. The highest BCUT2D eigenvalue weighted by Crippen LogP contribution is 2.49. The van der Waals surface area contributed by atoms with Gasteiger partial charge in [0, 0.05) is 16.3 Å². The average molecular weight is 690 g/mol. The van der Waals surface area contributed by atoms with Gasteiger partial charge in [-0.15, -0.1) is 0 Å². The molecule has 0 radical (unpaired) electrons. The maximum atomic E-state index is 6.46. The van der Waals surface area contributed by atoms with Crippen molar-refractivity contribution in [2.75, 3.05) is 4.90 Å². The molecule has 1 aromatic heterocycles. The molecular weight excluding hydrogens is 655 g/mol. The molecule has 0 fully saturated rings. The summed E-state index contributed by atoms with van der Waals surface area (Å²) in [6.07, 6.45) is 0. The molecule has 2 nitrogen and oxygen atoms in total. The third-order valence-electron chi connectivity index (χ3n) is 10.5. The van der Waals surface area contributed by atoms with Gasteiger partial charge in [0.25, 0.3) is 0 Å². The Morgan fingerprint density at radius 1 is 0.278 bits per heavy atom. The topological polar surface area (TPSA) is 16.4 Å². The van der Waals surface area contributed by atoms with Gasteiger partial charge in [0.2, 0.25) is 0 Å². The van der Waals surface area contributed by atoms with Crippen molar-refractivity contribution in [1.29, 1.82) is 0 Å². The van der Waals surface area contributed by atoms with Crippen molar-refractivity contribution < 1.29 is 4.42 Å². The summed E-state index contributed by atoms with van der Waals surface area (Å²) in [5.74, 6) is 0. The highest BCUT2D eigenvalue weighted by atomic mass is 16.3. The Labute approximate surface area is 314 Å². The number of nitrogens with zero attached hydrogens (tertiary/aromatic N) is 1. The molecule has 0 amide bonds. The summed E-state index contributed by atoms with van der Waals surface area (Å²) in [6, 6.07) is 75.9. The largest absolute Gasteiger partial charge is 0.456 e. The van der Waals surface area contributed by atoms with Crippen LogP contribution in [0.1, 0.15) is 0 Å². The summed E-state index contributed by atoms with van der Waals surface area (Å²) in [5, 5.41) is 4.55. The lowest BCUT2D eigenvalue weighted by molar-refractivity contribution is 0.669. The molecule has 1 heterocycles. The number of hydrogen-bond donors (Lipinski definition) is 0. The summed E-state index contributed by atoms with van der Waals surface area (Å²) in [7, 11) is 0. The zero-order valence-corrected chi connectivity index (χ0v) is 29.6. The van der Waals surface area contributed by atoms with Crippen molar-refractivity contribution in [3.8, 4) is 44.5 Å². The van der Waals surface area contributed by atoms with Gasteiger partial charge < -0.3 is 9.32 Å². The zero-order valence-electron chi connectivity index (χ0n) is 29.6. The number of anilines is 3. The van der Waals surface area contributed by atoms with E-state index >= 15 is 0 Å². The molecule has 0 spiro atoms. The fraction of sp³-hybridized carbons (Fsp3) is 0. The van der Waals surface area contributed by atoms with Gasteiger partial charge in [-0.2, -0.15) is 0 Å². The summed E-state index contributed by atoms with van der Waals surface area (Å²) >= 11 is 0. The van der Waals surface area contributed by atoms with E-state index in [1.807, 2.05) is 6.07 Å². The van der Waals surface area contributed by atoms with Gasteiger partial charge in [-0.1, -0.05) is 182 Å². The fourth-order valence-electron chi connectivity index (χ4n) is 8.03. The van der Waals surface area contributed by atoms with E-state index in [9.17, 15) is 0 Å². The first-order valence-corrected chi connectivity index (χ1v) is 18.4. The third kappa shape index (κ3) is 5.44. The van der Waals surface area contributed by atoms with Crippen LogP contribution in [-0.2, 0) is 0 Å². The van der Waals surface area contributed by atoms with E-state index in [1.165, 1.54) is 44.2 Å². The molecule has 254 valence electrons. The molecule has 0 saturated carbocycles. The summed E-state index contributed by atoms with van der Waals surface area (Å²) < 4.78 is 6.46. The second kappa shape index (κ2) is 13.4. The highest BCUT2D eigenvalue weighted by Gasteiger charge is 2.24. The Kier molecular flexibility index (Phi) is 7.85. The molecule has 0 saturated heterocycles. The first-order chi connectivity index (χ1) is 26.8. The van der Waals surface area contributed by atoms with E-state index in [1.54, 1.807) is 0 Å². The Bertz CT molecular complexity index is 2930. The van der Waals surface area contributed by atoms with Crippen LogP contribution >= 0.6 is 0 Å². The van der Waals surface area contributed by atoms with Crippen molar-refractivity contribution >= 4 is 49.8 Å². The number of fused-ring (bicyclic) bond motifs is 4. The van der Waals surface area contributed by atoms with Crippen LogP contribution in [0.5, 0.6) is 0 Å². The van der Waals surface area contributed by atoms with Crippen LogP contribution in [0.4, 0.5) is 17.1 Å². The minimum Gasteiger partial charge on any atom is -0.456 e. The molecular formula is C52H35NO. The van der Waals surface area contributed by atoms with E-state index in [-0.39, 0.29) is 0 Å². The molecule has 0 unspecified atom stereocenters. The minimum atomic E-state index is 0.865. The quantitative estimate of drug-likeness (QED) is 0.166. The van der Waals surface area contributed by atoms with Crippen LogP contribution in [0.25, 0.3) is 77.2 Å². The van der Waals surface area contributed by atoms with Gasteiger partial charge in [-0.25, -0.2) is 0 Å². The second-order valence-corrected chi connectivity index (χ2v) is 13.6. The maximum Gasteiger partial charge on any atom is 0.137 e. The molecule has 0 atom stereocenters. The van der Waals surface area contributed by atoms with Crippen LogP contribution in [0, 0.1) is 0 Å². The Hall–Kier alpha value is -7.16. The molecule has 2 heteroatoms. The molecule has 10 aromatic rings. The lowest BCUT2D eigenvalue weighted by atomic mass is 9.88. The van der Waals surface area contributed by atoms with Gasteiger partial charge in [-0.05, 0) is 74.7 Å². The molecule has 0 bridgehead atoms. The summed E-state index contributed by atoms with van der Waals surface area (Å²) in [5.41, 5.74) is 14.5. The SMILES string of the molecule is c1ccc(-c2ccc(-c3ccccc3-c3ccccc3-c3ccccc3N(c3cccc4ccccc34)c3cccc4oc5ccccc5c34)cc2)cc1. The van der Waals surface area contributed by atoms with Crippen LogP contribution in [0.3, 0.4) is 0 Å². The molecule has 10 rings (SSSR count). The maximum absolute atomic E-state index is 6.46. The Balaban J connectivity index is 1.19. The van der Waals surface area contributed by atoms with Crippen LogP contribution in [0.15, 0.2) is 217 Å². The predicted octanol–water partition coefficient (Wildman–Crippen LogP) is 14.9. The minimum absolute atomic E-state index is 0.865. The lowest BCUT2D eigenvalue weighted by Crippen LogP contribution is -2.12. The van der Waals surface area contributed by atoms with Crippen LogP contribution in [-0.4, -0.2) is 0 Å². The normalized spacial score (nSPS) is 11.3. The van der Waals surface area contributed by atoms with Crippen LogP contribution in [0.2, 0.25) is 0 Å². The van der Waals surface area contributed by atoms with E-state index < -0.39 is 0 Å². The number of furan rings is 1. The third-order valence-corrected chi connectivity index (χ3v) is 10.5. The van der Waals surface area contributed by atoms with E-state index in [2.05, 4.69) is 211 Å². The van der Waals surface area contributed by atoms with E-state index in [0.717, 1.165) is 50.1 Å². The smallest absolute Gasteiger partial charge is 0.137 e. The molecule has 54 heavy (non-hydrogen) atoms.